The van der Waals surface area contributed by atoms with Gasteiger partial charge in [0.05, 0.1) is 0 Å². The second-order valence-corrected chi connectivity index (χ2v) is 5.39. The van der Waals surface area contributed by atoms with Gasteiger partial charge in [-0.1, -0.05) is 12.1 Å². The average Bonchev–Trinajstić information content (AvgIpc) is 3.00. The van der Waals surface area contributed by atoms with Crippen LogP contribution in [0.2, 0.25) is 0 Å². The Morgan fingerprint density at radius 2 is 2.00 bits per heavy atom. The van der Waals surface area contributed by atoms with Gasteiger partial charge in [0.15, 0.2) is 6.61 Å². The molecule has 1 fully saturated rings. The number of halogens is 2. The maximum Gasteiger partial charge on any atom is 0.387 e. The molecule has 2 rings (SSSR count). The predicted molar refractivity (Wildman–Crippen MR) is 81.9 cm³/mol. The van der Waals surface area contributed by atoms with Crippen molar-refractivity contribution in [2.75, 3.05) is 13.2 Å². The summed E-state index contributed by atoms with van der Waals surface area (Å²) in [6.45, 7) is -3.00. The molecule has 2 amide bonds. The summed E-state index contributed by atoms with van der Waals surface area (Å²) in [6.07, 6.45) is 1.12. The van der Waals surface area contributed by atoms with Gasteiger partial charge in [0, 0.05) is 13.0 Å². The fourth-order valence-corrected chi connectivity index (χ4v) is 2.26. The number of nitrogens with one attached hydrogen (secondary N) is 2. The Bertz CT molecular complexity index is 621. The van der Waals surface area contributed by atoms with Gasteiger partial charge in [0.1, 0.15) is 11.8 Å². The van der Waals surface area contributed by atoms with E-state index in [9.17, 15) is 23.2 Å². The Labute approximate surface area is 142 Å². The number of rotatable bonds is 8. The summed E-state index contributed by atoms with van der Waals surface area (Å²) >= 11 is 0. The van der Waals surface area contributed by atoms with Crippen LogP contribution in [0.5, 0.6) is 5.75 Å². The van der Waals surface area contributed by atoms with Crippen molar-refractivity contribution in [2.24, 2.45) is 0 Å². The first-order chi connectivity index (χ1) is 11.9. The minimum Gasteiger partial charge on any atom is -0.454 e. The third-order valence-electron chi connectivity index (χ3n) is 3.51. The van der Waals surface area contributed by atoms with E-state index in [-0.39, 0.29) is 18.1 Å². The van der Waals surface area contributed by atoms with Crippen LogP contribution in [0, 0.1) is 0 Å². The summed E-state index contributed by atoms with van der Waals surface area (Å²) < 4.78 is 33.1. The summed E-state index contributed by atoms with van der Waals surface area (Å²) in [7, 11) is 0. The van der Waals surface area contributed by atoms with E-state index in [0.29, 0.717) is 19.4 Å². The highest BCUT2D eigenvalue weighted by molar-refractivity contribution is 5.89. The Morgan fingerprint density at radius 3 is 2.60 bits per heavy atom. The standard InChI is InChI=1S/C16H18F2N2O5/c17-16(18)25-11-3-1-10(2-4-11)7-8-19-14(22)9-24-15(23)12-5-6-13(21)20-12/h1-4,12,16H,5-9H2,(H,19,22)(H,20,21)/t12-/m1/s1. The first-order valence-electron chi connectivity index (χ1n) is 7.70. The van der Waals surface area contributed by atoms with Crippen LogP contribution in [-0.4, -0.2) is 43.6 Å². The number of benzene rings is 1. The highest BCUT2D eigenvalue weighted by Gasteiger charge is 2.28. The topological polar surface area (TPSA) is 93.7 Å². The zero-order valence-electron chi connectivity index (χ0n) is 13.3. The van der Waals surface area contributed by atoms with Crippen LogP contribution in [0.25, 0.3) is 0 Å². The molecular formula is C16H18F2N2O5. The largest absolute Gasteiger partial charge is 0.454 e. The van der Waals surface area contributed by atoms with Crippen LogP contribution < -0.4 is 15.4 Å². The maximum atomic E-state index is 12.0. The molecule has 0 unspecified atom stereocenters. The summed E-state index contributed by atoms with van der Waals surface area (Å²) in [4.78, 5) is 34.2. The van der Waals surface area contributed by atoms with Gasteiger partial charge < -0.3 is 20.1 Å². The van der Waals surface area contributed by atoms with Crippen molar-refractivity contribution in [1.82, 2.24) is 10.6 Å². The molecule has 7 nitrogen and oxygen atoms in total. The molecule has 1 aliphatic rings. The summed E-state index contributed by atoms with van der Waals surface area (Å²) in [6, 6.07) is 5.38. The van der Waals surface area contributed by atoms with E-state index in [2.05, 4.69) is 15.4 Å². The molecule has 1 aliphatic heterocycles. The number of hydrogen-bond acceptors (Lipinski definition) is 5. The molecule has 1 atom stereocenters. The molecule has 1 aromatic rings. The predicted octanol–water partition coefficient (Wildman–Crippen LogP) is 0.768. The number of carbonyl (C=O) groups excluding carboxylic acids is 3. The van der Waals surface area contributed by atoms with Gasteiger partial charge in [-0.05, 0) is 30.5 Å². The molecule has 1 aromatic carbocycles. The SMILES string of the molecule is O=C(COC(=O)[C@H]1CCC(=O)N1)NCCc1ccc(OC(F)F)cc1. The van der Waals surface area contributed by atoms with Crippen molar-refractivity contribution in [2.45, 2.75) is 31.9 Å². The molecule has 9 heteroatoms. The molecule has 0 saturated carbocycles. The van der Waals surface area contributed by atoms with Crippen molar-refractivity contribution in [3.05, 3.63) is 29.8 Å². The van der Waals surface area contributed by atoms with Crippen LogP contribution in [0.15, 0.2) is 24.3 Å². The first-order valence-corrected chi connectivity index (χ1v) is 7.70. The fraction of sp³-hybridized carbons (Fsp3) is 0.438. The van der Waals surface area contributed by atoms with Crippen molar-refractivity contribution in [1.29, 1.82) is 0 Å². The normalized spacial score (nSPS) is 16.4. The number of hydrogen-bond donors (Lipinski definition) is 2. The van der Waals surface area contributed by atoms with Gasteiger partial charge in [-0.25, -0.2) is 4.79 Å². The minimum atomic E-state index is -2.87. The number of ether oxygens (including phenoxy) is 2. The van der Waals surface area contributed by atoms with E-state index in [0.717, 1.165) is 5.56 Å². The van der Waals surface area contributed by atoms with Gasteiger partial charge in [0.25, 0.3) is 5.91 Å². The Balaban J connectivity index is 1.63. The number of amides is 2. The molecule has 25 heavy (non-hydrogen) atoms. The molecule has 0 aliphatic carbocycles. The van der Waals surface area contributed by atoms with Crippen molar-refractivity contribution in [3.63, 3.8) is 0 Å². The second-order valence-electron chi connectivity index (χ2n) is 5.39. The van der Waals surface area contributed by atoms with E-state index in [1.165, 1.54) is 12.1 Å². The highest BCUT2D eigenvalue weighted by atomic mass is 19.3. The van der Waals surface area contributed by atoms with Crippen molar-refractivity contribution in [3.8, 4) is 5.75 Å². The van der Waals surface area contributed by atoms with E-state index in [1.54, 1.807) is 12.1 Å². The Hall–Kier alpha value is -2.71. The van der Waals surface area contributed by atoms with Crippen LogP contribution in [-0.2, 0) is 25.5 Å². The van der Waals surface area contributed by atoms with E-state index < -0.39 is 31.1 Å². The van der Waals surface area contributed by atoms with Gasteiger partial charge in [-0.2, -0.15) is 8.78 Å². The fourth-order valence-electron chi connectivity index (χ4n) is 2.26. The molecule has 0 aromatic heterocycles. The third-order valence-corrected chi connectivity index (χ3v) is 3.51. The smallest absolute Gasteiger partial charge is 0.387 e. The lowest BCUT2D eigenvalue weighted by atomic mass is 10.1. The summed E-state index contributed by atoms with van der Waals surface area (Å²) in [5.74, 6) is -1.24. The first kappa shape index (κ1) is 18.6. The van der Waals surface area contributed by atoms with Crippen LogP contribution in [0.1, 0.15) is 18.4 Å². The molecule has 1 saturated heterocycles. The van der Waals surface area contributed by atoms with E-state index in [4.69, 9.17) is 4.74 Å². The monoisotopic (exact) mass is 356 g/mol. The molecule has 136 valence electrons. The zero-order valence-corrected chi connectivity index (χ0v) is 13.3. The van der Waals surface area contributed by atoms with Gasteiger partial charge in [0.2, 0.25) is 5.91 Å². The lowest BCUT2D eigenvalue weighted by Crippen LogP contribution is -2.37. The Morgan fingerprint density at radius 1 is 1.28 bits per heavy atom. The van der Waals surface area contributed by atoms with Crippen LogP contribution in [0.3, 0.4) is 0 Å². The molecule has 0 bridgehead atoms. The van der Waals surface area contributed by atoms with Gasteiger partial charge >= 0.3 is 12.6 Å². The molecular weight excluding hydrogens is 338 g/mol. The van der Waals surface area contributed by atoms with E-state index >= 15 is 0 Å². The Kier molecular flexibility index (Phi) is 6.67. The maximum absolute atomic E-state index is 12.0. The highest BCUT2D eigenvalue weighted by Crippen LogP contribution is 2.15. The molecule has 1 heterocycles. The van der Waals surface area contributed by atoms with Crippen molar-refractivity contribution >= 4 is 17.8 Å². The lowest BCUT2D eigenvalue weighted by molar-refractivity contribution is -0.150. The number of carbonyl (C=O) groups is 3. The molecule has 0 spiro atoms. The third kappa shape index (κ3) is 6.36. The number of esters is 1. The molecule has 0 radical (unpaired) electrons. The summed E-state index contributed by atoms with van der Waals surface area (Å²) in [5.41, 5.74) is 0.826. The lowest BCUT2D eigenvalue weighted by Gasteiger charge is -2.10. The van der Waals surface area contributed by atoms with Crippen LogP contribution >= 0.6 is 0 Å². The van der Waals surface area contributed by atoms with Gasteiger partial charge in [-0.15, -0.1) is 0 Å². The van der Waals surface area contributed by atoms with E-state index in [1.807, 2.05) is 0 Å². The average molecular weight is 356 g/mol. The zero-order chi connectivity index (χ0) is 18.2. The number of alkyl halides is 2. The quantitative estimate of drug-likeness (QED) is 0.671. The van der Waals surface area contributed by atoms with Crippen LogP contribution in [0.4, 0.5) is 8.78 Å². The van der Waals surface area contributed by atoms with Crippen molar-refractivity contribution < 1.29 is 32.6 Å². The van der Waals surface area contributed by atoms with Gasteiger partial charge in [-0.3, -0.25) is 9.59 Å². The minimum absolute atomic E-state index is 0.0636. The summed E-state index contributed by atoms with van der Waals surface area (Å²) in [5, 5.41) is 5.03. The molecule has 2 N–H and O–H groups in total. The second kappa shape index (κ2) is 8.95.